The molecular formula is C22H27ClNPb+. The van der Waals surface area contributed by atoms with E-state index in [4.69, 9.17) is 8.32 Å². The molecule has 0 saturated heterocycles. The molecule has 0 aromatic heterocycles. The zero-order chi connectivity index (χ0) is 18.3. The Morgan fingerprint density at radius 3 is 0.920 bits per heavy atom. The van der Waals surface area contributed by atoms with Crippen LogP contribution in [0.4, 0.5) is 0 Å². The van der Waals surface area contributed by atoms with E-state index in [1.54, 1.807) is 0 Å². The summed E-state index contributed by atoms with van der Waals surface area (Å²) in [7, 11) is 15.8. The summed E-state index contributed by atoms with van der Waals surface area (Å²) in [5.41, 5.74) is 0. The first kappa shape index (κ1) is 20.1. The van der Waals surface area contributed by atoms with Crippen molar-refractivity contribution in [2.75, 3.05) is 28.2 Å². The fourth-order valence-corrected chi connectivity index (χ4v) is 17.3. The van der Waals surface area contributed by atoms with Gasteiger partial charge in [0.2, 0.25) is 0 Å². The third kappa shape index (κ3) is 5.94. The number of nitrogens with zero attached hydrogens (tertiary/aromatic N) is 1. The zero-order valence-electron chi connectivity index (χ0n) is 15.5. The number of rotatable bonds is 3. The fourth-order valence-electron chi connectivity index (χ4n) is 2.50. The number of quaternary nitrogens is 1. The second kappa shape index (κ2) is 8.97. The Morgan fingerprint density at radius 1 is 0.520 bits per heavy atom. The molecule has 3 aromatic carbocycles. The fraction of sp³-hybridized carbons (Fsp3) is 0.182. The van der Waals surface area contributed by atoms with Crippen LogP contribution in [0.1, 0.15) is 0 Å². The van der Waals surface area contributed by atoms with Gasteiger partial charge in [-0.2, -0.15) is 0 Å². The number of benzene rings is 3. The van der Waals surface area contributed by atoms with Crippen LogP contribution in [0.3, 0.4) is 0 Å². The summed E-state index contributed by atoms with van der Waals surface area (Å²) in [6.45, 7) is 0. The van der Waals surface area contributed by atoms with Crippen LogP contribution in [0.2, 0.25) is 0 Å². The molecule has 0 radical (unpaired) electrons. The Hall–Kier alpha value is -1.17. The van der Waals surface area contributed by atoms with Crippen molar-refractivity contribution in [2.24, 2.45) is 0 Å². The molecule has 0 spiro atoms. The van der Waals surface area contributed by atoms with Crippen LogP contribution in [0.25, 0.3) is 0 Å². The standard InChI is InChI=1S/3C6H5.C4H12N.ClH.Pb/c3*1-2-4-6-5-3-1;1-5(2,3)4;;/h3*1-5H;1-4H3;1H;/q;;;+1;;+1/p-1. The minimum atomic E-state index is -3.46. The van der Waals surface area contributed by atoms with Crippen LogP contribution < -0.4 is 9.37 Å². The SMILES string of the molecule is C[N+](C)(C)C.[Cl][Pb]([c]1ccccc1)([c]1ccccc1)[c]1ccccc1. The van der Waals surface area contributed by atoms with Gasteiger partial charge in [0.15, 0.2) is 0 Å². The van der Waals surface area contributed by atoms with Crippen molar-refractivity contribution >= 4 is 37.6 Å². The number of halogens is 1. The Bertz CT molecular complexity index is 650. The van der Waals surface area contributed by atoms with E-state index in [-0.39, 0.29) is 0 Å². The molecule has 1 nitrogen and oxygen atoms in total. The summed E-state index contributed by atoms with van der Waals surface area (Å²) >= 11 is -3.46. The van der Waals surface area contributed by atoms with Crippen molar-refractivity contribution < 1.29 is 4.48 Å². The maximum absolute atomic E-state index is 7.34. The molecular weight excluding hydrogens is 521 g/mol. The van der Waals surface area contributed by atoms with Crippen molar-refractivity contribution in [3.05, 3.63) is 91.0 Å². The summed E-state index contributed by atoms with van der Waals surface area (Å²) in [5, 5.41) is 0. The Labute approximate surface area is 160 Å². The molecule has 0 amide bonds. The molecule has 0 aliphatic rings. The van der Waals surface area contributed by atoms with Gasteiger partial charge in [0.25, 0.3) is 0 Å². The van der Waals surface area contributed by atoms with Gasteiger partial charge in [-0.3, -0.25) is 0 Å². The first-order valence-corrected chi connectivity index (χ1v) is 19.1. The van der Waals surface area contributed by atoms with Gasteiger partial charge in [-0.15, -0.1) is 0 Å². The van der Waals surface area contributed by atoms with Crippen molar-refractivity contribution in [1.29, 1.82) is 0 Å². The van der Waals surface area contributed by atoms with E-state index in [0.29, 0.717) is 0 Å². The Morgan fingerprint density at radius 2 is 0.720 bits per heavy atom. The van der Waals surface area contributed by atoms with E-state index in [0.717, 1.165) is 4.48 Å². The van der Waals surface area contributed by atoms with Gasteiger partial charge in [-0.25, -0.2) is 0 Å². The van der Waals surface area contributed by atoms with Crippen LogP contribution in [-0.4, -0.2) is 52.6 Å². The molecule has 0 heterocycles. The molecule has 0 unspecified atom stereocenters. The molecule has 0 bridgehead atoms. The van der Waals surface area contributed by atoms with Crippen molar-refractivity contribution in [2.45, 2.75) is 0 Å². The first-order valence-electron chi connectivity index (χ1n) is 8.46. The van der Waals surface area contributed by atoms with Gasteiger partial charge in [0.05, 0.1) is 28.2 Å². The van der Waals surface area contributed by atoms with Crippen LogP contribution in [0, 0.1) is 0 Å². The molecule has 3 aromatic rings. The Balaban J connectivity index is 0.000000399. The summed E-state index contributed by atoms with van der Waals surface area (Å²) < 4.78 is 4.91. The van der Waals surface area contributed by atoms with Gasteiger partial charge in [0.1, 0.15) is 0 Å². The summed E-state index contributed by atoms with van der Waals surface area (Å²) in [6, 6.07) is 31.7. The average molecular weight is 548 g/mol. The van der Waals surface area contributed by atoms with Crippen molar-refractivity contribution in [3.63, 3.8) is 0 Å². The van der Waals surface area contributed by atoms with E-state index in [9.17, 15) is 0 Å². The minimum absolute atomic E-state index is 1.00. The summed E-state index contributed by atoms with van der Waals surface area (Å²) in [4.78, 5) is 0. The van der Waals surface area contributed by atoms with Crippen molar-refractivity contribution in [3.8, 4) is 0 Å². The molecule has 0 aliphatic carbocycles. The summed E-state index contributed by atoms with van der Waals surface area (Å²) in [5.74, 6) is 0. The quantitative estimate of drug-likeness (QED) is 0.349. The Kier molecular flexibility index (Phi) is 7.23. The summed E-state index contributed by atoms with van der Waals surface area (Å²) in [6.07, 6.45) is 0. The predicted molar refractivity (Wildman–Crippen MR) is 114 cm³/mol. The van der Waals surface area contributed by atoms with Crippen LogP contribution in [0.5, 0.6) is 0 Å². The van der Waals surface area contributed by atoms with E-state index < -0.39 is 19.9 Å². The van der Waals surface area contributed by atoms with Crippen LogP contribution in [0.15, 0.2) is 91.0 Å². The van der Waals surface area contributed by atoms with Gasteiger partial charge in [-0.05, 0) is 0 Å². The number of hydrogen-bond donors (Lipinski definition) is 0. The van der Waals surface area contributed by atoms with Gasteiger partial charge >= 0.3 is 129 Å². The molecule has 3 heteroatoms. The van der Waals surface area contributed by atoms with Gasteiger partial charge in [0, 0.05) is 0 Å². The van der Waals surface area contributed by atoms with E-state index in [1.807, 2.05) is 18.2 Å². The second-order valence-corrected chi connectivity index (χ2v) is 24.3. The average Bonchev–Trinajstić information content (AvgIpc) is 2.62. The van der Waals surface area contributed by atoms with E-state index >= 15 is 0 Å². The molecule has 3 rings (SSSR count). The third-order valence-corrected chi connectivity index (χ3v) is 22.4. The maximum atomic E-state index is 7.34. The second-order valence-electron chi connectivity index (χ2n) is 7.44. The monoisotopic (exact) mass is 548 g/mol. The molecule has 0 N–H and O–H groups in total. The first-order chi connectivity index (χ1) is 11.8. The number of hydrogen-bond acceptors (Lipinski definition) is 0. The van der Waals surface area contributed by atoms with Gasteiger partial charge in [-0.1, -0.05) is 0 Å². The molecule has 25 heavy (non-hydrogen) atoms. The molecule has 130 valence electrons. The predicted octanol–water partition coefficient (Wildman–Crippen LogP) is 3.21. The molecule has 0 fully saturated rings. The van der Waals surface area contributed by atoms with Crippen LogP contribution >= 0.6 is 8.32 Å². The molecule has 0 saturated carbocycles. The third-order valence-electron chi connectivity index (χ3n) is 3.51. The van der Waals surface area contributed by atoms with E-state index in [1.165, 1.54) is 9.37 Å². The van der Waals surface area contributed by atoms with Crippen molar-refractivity contribution in [1.82, 2.24) is 0 Å². The molecule has 0 atom stereocenters. The van der Waals surface area contributed by atoms with E-state index in [2.05, 4.69) is 101 Å². The normalized spacial score (nSPS) is 11.4. The van der Waals surface area contributed by atoms with Gasteiger partial charge < -0.3 is 4.48 Å². The van der Waals surface area contributed by atoms with Crippen LogP contribution in [-0.2, 0) is 0 Å². The molecule has 0 aliphatic heterocycles. The zero-order valence-corrected chi connectivity index (χ0v) is 20.1. The topological polar surface area (TPSA) is 0 Å².